The van der Waals surface area contributed by atoms with E-state index in [4.69, 9.17) is 0 Å². The monoisotopic (exact) mass is 227 g/mol. The summed E-state index contributed by atoms with van der Waals surface area (Å²) in [5, 5.41) is 0. The van der Waals surface area contributed by atoms with E-state index in [0.29, 0.717) is 10.5 Å². The number of carbonyl (C=O) groups is 1. The van der Waals surface area contributed by atoms with E-state index in [1.165, 1.54) is 32.2 Å². The normalized spacial score (nSPS) is 27.1. The number of nitrogens with zero attached hydrogens (tertiary/aromatic N) is 1. The second-order valence-corrected chi connectivity index (χ2v) is 6.18. The molecule has 1 saturated carbocycles. The average Bonchev–Trinajstić information content (AvgIpc) is 2.71. The maximum atomic E-state index is 11.2. The third kappa shape index (κ3) is 2.76. The van der Waals surface area contributed by atoms with Crippen LogP contribution in [0, 0.1) is 0 Å². The number of rotatable bonds is 3. The fourth-order valence-electron chi connectivity index (χ4n) is 2.81. The second-order valence-electron chi connectivity index (χ2n) is 4.91. The lowest BCUT2D eigenvalue weighted by Crippen LogP contribution is -2.43. The number of ketones is 1. The fourth-order valence-corrected chi connectivity index (χ4v) is 3.82. The molecule has 1 saturated heterocycles. The van der Waals surface area contributed by atoms with Gasteiger partial charge in [-0.2, -0.15) is 11.8 Å². The minimum absolute atomic E-state index is 0.455. The molecule has 0 unspecified atom stereocenters. The van der Waals surface area contributed by atoms with Crippen LogP contribution in [0.4, 0.5) is 0 Å². The summed E-state index contributed by atoms with van der Waals surface area (Å²) in [6, 6.07) is 0. The van der Waals surface area contributed by atoms with Crippen LogP contribution in [0.25, 0.3) is 0 Å². The quantitative estimate of drug-likeness (QED) is 0.738. The Kier molecular flexibility index (Phi) is 3.73. The molecule has 2 aliphatic rings. The van der Waals surface area contributed by atoms with Gasteiger partial charge >= 0.3 is 0 Å². The Hall–Kier alpha value is -0.0200. The molecule has 0 amide bonds. The lowest BCUT2D eigenvalue weighted by molar-refractivity contribution is -0.121. The van der Waals surface area contributed by atoms with E-state index in [-0.39, 0.29) is 0 Å². The molecule has 0 aromatic carbocycles. The summed E-state index contributed by atoms with van der Waals surface area (Å²) >= 11 is 2.05. The molecule has 0 radical (unpaired) electrons. The SMILES string of the molecule is CSC1(CN2CCC(=O)CC2)CCCC1. The Bertz CT molecular complexity index is 226. The lowest BCUT2D eigenvalue weighted by Gasteiger charge is -2.35. The summed E-state index contributed by atoms with van der Waals surface area (Å²) in [7, 11) is 0. The molecule has 1 aliphatic carbocycles. The van der Waals surface area contributed by atoms with Gasteiger partial charge in [0.15, 0.2) is 0 Å². The first kappa shape index (κ1) is 11.5. The third-order valence-electron chi connectivity index (χ3n) is 3.87. The van der Waals surface area contributed by atoms with Gasteiger partial charge in [0.25, 0.3) is 0 Å². The molecule has 0 aromatic rings. The molecule has 0 bridgehead atoms. The van der Waals surface area contributed by atoms with Crippen molar-refractivity contribution in [3.63, 3.8) is 0 Å². The molecule has 1 heterocycles. The molecule has 3 heteroatoms. The molecule has 0 atom stereocenters. The maximum absolute atomic E-state index is 11.2. The highest BCUT2D eigenvalue weighted by Gasteiger charge is 2.35. The highest BCUT2D eigenvalue weighted by atomic mass is 32.2. The third-order valence-corrected chi connectivity index (χ3v) is 5.28. The minimum Gasteiger partial charge on any atom is -0.301 e. The van der Waals surface area contributed by atoms with Gasteiger partial charge in [0.05, 0.1) is 0 Å². The fraction of sp³-hybridized carbons (Fsp3) is 0.917. The lowest BCUT2D eigenvalue weighted by atomic mass is 10.0. The molecule has 86 valence electrons. The van der Waals surface area contributed by atoms with Crippen LogP contribution in [-0.2, 0) is 4.79 Å². The number of carbonyl (C=O) groups excluding carboxylic acids is 1. The van der Waals surface area contributed by atoms with Gasteiger partial charge in [0.2, 0.25) is 0 Å². The van der Waals surface area contributed by atoms with E-state index in [1.807, 2.05) is 11.8 Å². The van der Waals surface area contributed by atoms with Gasteiger partial charge in [-0.25, -0.2) is 0 Å². The van der Waals surface area contributed by atoms with Crippen LogP contribution in [0.5, 0.6) is 0 Å². The van der Waals surface area contributed by atoms with E-state index in [2.05, 4.69) is 11.2 Å². The summed E-state index contributed by atoms with van der Waals surface area (Å²) in [6.07, 6.45) is 9.35. The molecule has 2 fully saturated rings. The minimum atomic E-state index is 0.455. The molecular formula is C12H21NOS. The second kappa shape index (κ2) is 4.88. The van der Waals surface area contributed by atoms with Gasteiger partial charge < -0.3 is 4.90 Å². The van der Waals surface area contributed by atoms with Crippen molar-refractivity contribution in [3.05, 3.63) is 0 Å². The van der Waals surface area contributed by atoms with Gasteiger partial charge in [-0.3, -0.25) is 4.79 Å². The van der Waals surface area contributed by atoms with Crippen molar-refractivity contribution in [1.29, 1.82) is 0 Å². The molecular weight excluding hydrogens is 206 g/mol. The zero-order chi connectivity index (χ0) is 10.7. The van der Waals surface area contributed by atoms with Crippen LogP contribution >= 0.6 is 11.8 Å². The Morgan fingerprint density at radius 2 is 1.87 bits per heavy atom. The molecule has 0 N–H and O–H groups in total. The van der Waals surface area contributed by atoms with Crippen molar-refractivity contribution in [1.82, 2.24) is 4.90 Å². The van der Waals surface area contributed by atoms with Gasteiger partial charge in [0, 0.05) is 37.2 Å². The largest absolute Gasteiger partial charge is 0.301 e. The molecule has 2 rings (SSSR count). The van der Waals surface area contributed by atoms with E-state index < -0.39 is 0 Å². The van der Waals surface area contributed by atoms with Gasteiger partial charge in [-0.1, -0.05) is 12.8 Å². The summed E-state index contributed by atoms with van der Waals surface area (Å²) in [5.41, 5.74) is 0. The molecule has 2 nitrogen and oxygen atoms in total. The Labute approximate surface area is 96.8 Å². The number of hydrogen-bond donors (Lipinski definition) is 0. The summed E-state index contributed by atoms with van der Waals surface area (Å²) in [5.74, 6) is 0.455. The van der Waals surface area contributed by atoms with Crippen molar-refractivity contribution in [2.24, 2.45) is 0 Å². The van der Waals surface area contributed by atoms with Crippen LogP contribution < -0.4 is 0 Å². The van der Waals surface area contributed by atoms with Crippen LogP contribution in [0.1, 0.15) is 38.5 Å². The topological polar surface area (TPSA) is 20.3 Å². The highest BCUT2D eigenvalue weighted by molar-refractivity contribution is 8.00. The van der Waals surface area contributed by atoms with E-state index in [0.717, 1.165) is 25.9 Å². The molecule has 0 spiro atoms. The molecule has 15 heavy (non-hydrogen) atoms. The predicted octanol–water partition coefficient (Wildman–Crippen LogP) is 2.33. The smallest absolute Gasteiger partial charge is 0.135 e. The van der Waals surface area contributed by atoms with Crippen molar-refractivity contribution in [3.8, 4) is 0 Å². The summed E-state index contributed by atoms with van der Waals surface area (Å²) in [6.45, 7) is 3.21. The average molecular weight is 227 g/mol. The summed E-state index contributed by atoms with van der Waals surface area (Å²) in [4.78, 5) is 13.7. The molecule has 1 aliphatic heterocycles. The van der Waals surface area contributed by atoms with Crippen molar-refractivity contribution in [2.75, 3.05) is 25.9 Å². The van der Waals surface area contributed by atoms with Crippen LogP contribution in [0.15, 0.2) is 0 Å². The first-order chi connectivity index (χ1) is 7.24. The number of Topliss-reactive ketones (excluding diaryl/α,β-unsaturated/α-hetero) is 1. The van der Waals surface area contributed by atoms with Gasteiger partial charge in [-0.05, 0) is 19.1 Å². The van der Waals surface area contributed by atoms with Crippen molar-refractivity contribution < 1.29 is 4.79 Å². The van der Waals surface area contributed by atoms with E-state index in [9.17, 15) is 4.79 Å². The Morgan fingerprint density at radius 1 is 1.27 bits per heavy atom. The number of hydrogen-bond acceptors (Lipinski definition) is 3. The van der Waals surface area contributed by atoms with E-state index >= 15 is 0 Å². The Morgan fingerprint density at radius 3 is 2.40 bits per heavy atom. The van der Waals surface area contributed by atoms with Crippen LogP contribution in [0.2, 0.25) is 0 Å². The van der Waals surface area contributed by atoms with Gasteiger partial charge in [0.1, 0.15) is 5.78 Å². The van der Waals surface area contributed by atoms with Crippen molar-refractivity contribution >= 4 is 17.5 Å². The zero-order valence-corrected chi connectivity index (χ0v) is 10.4. The number of piperidine rings is 1. The predicted molar refractivity (Wildman–Crippen MR) is 65.4 cm³/mol. The van der Waals surface area contributed by atoms with Crippen LogP contribution in [0.3, 0.4) is 0 Å². The first-order valence-electron chi connectivity index (χ1n) is 6.03. The van der Waals surface area contributed by atoms with E-state index in [1.54, 1.807) is 0 Å². The van der Waals surface area contributed by atoms with Crippen molar-refractivity contribution in [2.45, 2.75) is 43.3 Å². The standard InChI is InChI=1S/C12H21NOS/c1-15-12(6-2-3-7-12)10-13-8-4-11(14)5-9-13/h2-10H2,1H3. The highest BCUT2D eigenvalue weighted by Crippen LogP contribution is 2.41. The Balaban J connectivity index is 1.87. The number of thioether (sulfide) groups is 1. The zero-order valence-electron chi connectivity index (χ0n) is 9.63. The van der Waals surface area contributed by atoms with Gasteiger partial charge in [-0.15, -0.1) is 0 Å². The van der Waals surface area contributed by atoms with Crippen LogP contribution in [-0.4, -0.2) is 41.3 Å². The first-order valence-corrected chi connectivity index (χ1v) is 7.26. The molecule has 0 aromatic heterocycles. The summed E-state index contributed by atoms with van der Waals surface area (Å²) < 4.78 is 0.514. The number of likely N-dealkylation sites (tertiary alicyclic amines) is 1. The maximum Gasteiger partial charge on any atom is 0.135 e.